The van der Waals surface area contributed by atoms with Crippen molar-refractivity contribution in [2.24, 2.45) is 11.8 Å². The number of amides is 3. The van der Waals surface area contributed by atoms with Crippen LogP contribution in [0.15, 0.2) is 36.4 Å². The van der Waals surface area contributed by atoms with Crippen molar-refractivity contribution in [1.29, 1.82) is 0 Å². The maximum Gasteiger partial charge on any atom is 0.410 e. The van der Waals surface area contributed by atoms with Crippen molar-refractivity contribution in [1.82, 2.24) is 9.80 Å². The Balaban J connectivity index is 1.48. The van der Waals surface area contributed by atoms with E-state index in [1.165, 1.54) is 7.11 Å². The van der Waals surface area contributed by atoms with E-state index >= 15 is 0 Å². The molecule has 0 aromatic heterocycles. The molecular weight excluding hydrogens is 462 g/mol. The van der Waals surface area contributed by atoms with Crippen molar-refractivity contribution in [2.45, 2.75) is 52.1 Å². The maximum absolute atomic E-state index is 12.8. The molecule has 36 heavy (non-hydrogen) atoms. The van der Waals surface area contributed by atoms with E-state index < -0.39 is 11.6 Å². The zero-order valence-electron chi connectivity index (χ0n) is 21.6. The van der Waals surface area contributed by atoms with Crippen LogP contribution in [0.4, 0.5) is 10.5 Å². The quantitative estimate of drug-likeness (QED) is 0.487. The molecule has 1 aromatic rings. The summed E-state index contributed by atoms with van der Waals surface area (Å²) < 4.78 is 10.2. The third-order valence-corrected chi connectivity index (χ3v) is 6.36. The van der Waals surface area contributed by atoms with Crippen LogP contribution in [0.5, 0.6) is 0 Å². The van der Waals surface area contributed by atoms with Crippen molar-refractivity contribution in [3.8, 4) is 0 Å². The van der Waals surface area contributed by atoms with Crippen molar-refractivity contribution in [3.05, 3.63) is 42.0 Å². The van der Waals surface area contributed by atoms with Crippen LogP contribution in [-0.2, 0) is 19.1 Å². The van der Waals surface area contributed by atoms with Crippen molar-refractivity contribution in [2.75, 3.05) is 38.6 Å². The number of ether oxygens (including phenoxy) is 2. The SMILES string of the molecule is COC(=O)c1cccc(NC(=O)C2CCCN(C(=O)C=CC3CCN(C(=O)OC(C)(C)C)CC3)C2)c1. The Hall–Kier alpha value is -3.36. The van der Waals surface area contributed by atoms with E-state index in [1.54, 1.807) is 40.1 Å². The van der Waals surface area contributed by atoms with Crippen molar-refractivity contribution in [3.63, 3.8) is 0 Å². The van der Waals surface area contributed by atoms with Gasteiger partial charge in [-0.25, -0.2) is 9.59 Å². The largest absolute Gasteiger partial charge is 0.465 e. The Morgan fingerprint density at radius 2 is 1.75 bits per heavy atom. The second-order valence-corrected chi connectivity index (χ2v) is 10.3. The van der Waals surface area contributed by atoms with E-state index in [-0.39, 0.29) is 29.7 Å². The summed E-state index contributed by atoms with van der Waals surface area (Å²) in [6.07, 6.45) is 6.23. The number of hydrogen-bond acceptors (Lipinski definition) is 6. The molecule has 1 N–H and O–H groups in total. The number of nitrogens with zero attached hydrogens (tertiary/aromatic N) is 2. The fourth-order valence-corrected chi connectivity index (χ4v) is 4.40. The lowest BCUT2D eigenvalue weighted by molar-refractivity contribution is -0.130. The van der Waals surface area contributed by atoms with Crippen molar-refractivity contribution < 1.29 is 28.7 Å². The molecule has 3 rings (SSSR count). The molecule has 2 saturated heterocycles. The minimum Gasteiger partial charge on any atom is -0.465 e. The van der Waals surface area contributed by atoms with Crippen molar-refractivity contribution >= 4 is 29.6 Å². The molecule has 0 aliphatic carbocycles. The van der Waals surface area contributed by atoms with Gasteiger partial charge in [0.1, 0.15) is 5.60 Å². The number of benzene rings is 1. The van der Waals surface area contributed by atoms with Crippen LogP contribution < -0.4 is 5.32 Å². The molecule has 2 fully saturated rings. The zero-order chi connectivity index (χ0) is 26.3. The van der Waals surface area contributed by atoms with Crippen LogP contribution in [0, 0.1) is 11.8 Å². The van der Waals surface area contributed by atoms with Crippen LogP contribution in [0.1, 0.15) is 56.8 Å². The highest BCUT2D eigenvalue weighted by molar-refractivity contribution is 5.96. The number of esters is 1. The summed E-state index contributed by atoms with van der Waals surface area (Å²) in [5.41, 5.74) is 0.359. The minimum atomic E-state index is -0.517. The summed E-state index contributed by atoms with van der Waals surface area (Å²) in [5, 5.41) is 2.86. The first-order valence-electron chi connectivity index (χ1n) is 12.5. The third-order valence-electron chi connectivity index (χ3n) is 6.36. The van der Waals surface area contributed by atoms with Gasteiger partial charge < -0.3 is 24.6 Å². The normalized spacial score (nSPS) is 19.2. The second kappa shape index (κ2) is 12.1. The number of likely N-dealkylation sites (tertiary alicyclic amines) is 2. The molecule has 2 aliphatic heterocycles. The molecule has 2 aliphatic rings. The number of piperidine rings is 2. The van der Waals surface area contributed by atoms with E-state index in [9.17, 15) is 19.2 Å². The van der Waals surface area contributed by atoms with Gasteiger partial charge in [-0.2, -0.15) is 0 Å². The van der Waals surface area contributed by atoms with Gasteiger partial charge in [0.25, 0.3) is 0 Å². The minimum absolute atomic E-state index is 0.102. The van der Waals surface area contributed by atoms with Gasteiger partial charge in [0, 0.05) is 31.9 Å². The molecule has 1 atom stereocenters. The first-order valence-corrected chi connectivity index (χ1v) is 12.5. The first-order chi connectivity index (χ1) is 17.1. The topological polar surface area (TPSA) is 105 Å². The average Bonchev–Trinajstić information content (AvgIpc) is 2.86. The number of methoxy groups -OCH3 is 1. The summed E-state index contributed by atoms with van der Waals surface area (Å²) >= 11 is 0. The molecular formula is C27H37N3O6. The number of carbonyl (C=O) groups is 4. The predicted octanol–water partition coefficient (Wildman–Crippen LogP) is 3.85. The van der Waals surface area contributed by atoms with Gasteiger partial charge in [0.05, 0.1) is 18.6 Å². The average molecular weight is 500 g/mol. The van der Waals surface area contributed by atoms with Crippen LogP contribution in [-0.4, -0.2) is 72.6 Å². The summed E-state index contributed by atoms with van der Waals surface area (Å²) in [6, 6.07) is 6.59. The Morgan fingerprint density at radius 3 is 2.42 bits per heavy atom. The summed E-state index contributed by atoms with van der Waals surface area (Å²) in [6.45, 7) is 7.71. The molecule has 3 amide bonds. The number of carbonyl (C=O) groups excluding carboxylic acids is 4. The van der Waals surface area contributed by atoms with Gasteiger partial charge in [0.15, 0.2) is 0 Å². The van der Waals surface area contributed by atoms with Gasteiger partial charge in [-0.3, -0.25) is 9.59 Å². The van der Waals surface area contributed by atoms with E-state index in [0.29, 0.717) is 43.9 Å². The molecule has 0 saturated carbocycles. The van der Waals surface area contributed by atoms with E-state index in [4.69, 9.17) is 9.47 Å². The van der Waals surface area contributed by atoms with Crippen LogP contribution in [0.2, 0.25) is 0 Å². The third kappa shape index (κ3) is 7.83. The van der Waals surface area contributed by atoms with Gasteiger partial charge in [-0.1, -0.05) is 12.1 Å². The number of nitrogens with one attached hydrogen (secondary N) is 1. The summed E-state index contributed by atoms with van der Waals surface area (Å²) in [5.74, 6) is -0.848. The highest BCUT2D eigenvalue weighted by atomic mass is 16.6. The smallest absolute Gasteiger partial charge is 0.410 e. The molecule has 0 spiro atoms. The lowest BCUT2D eigenvalue weighted by atomic mass is 9.95. The highest BCUT2D eigenvalue weighted by Crippen LogP contribution is 2.23. The lowest BCUT2D eigenvalue weighted by Gasteiger charge is -2.33. The molecule has 1 aromatic carbocycles. The van der Waals surface area contributed by atoms with Crippen LogP contribution in [0.3, 0.4) is 0 Å². The monoisotopic (exact) mass is 499 g/mol. The Morgan fingerprint density at radius 1 is 1.03 bits per heavy atom. The molecule has 2 heterocycles. The molecule has 0 radical (unpaired) electrons. The highest BCUT2D eigenvalue weighted by Gasteiger charge is 2.29. The Labute approximate surface area is 212 Å². The second-order valence-electron chi connectivity index (χ2n) is 10.3. The molecule has 0 bridgehead atoms. The molecule has 196 valence electrons. The molecule has 9 heteroatoms. The van der Waals surface area contributed by atoms with E-state index in [1.807, 2.05) is 26.8 Å². The number of allylic oxidation sites excluding steroid dienone is 1. The Bertz CT molecular complexity index is 991. The summed E-state index contributed by atoms with van der Waals surface area (Å²) in [7, 11) is 1.31. The number of anilines is 1. The summed E-state index contributed by atoms with van der Waals surface area (Å²) in [4.78, 5) is 53.0. The zero-order valence-corrected chi connectivity index (χ0v) is 21.6. The van der Waals surface area contributed by atoms with E-state index in [2.05, 4.69) is 5.32 Å². The van der Waals surface area contributed by atoms with Crippen LogP contribution in [0.25, 0.3) is 0 Å². The van der Waals surface area contributed by atoms with E-state index in [0.717, 1.165) is 19.3 Å². The van der Waals surface area contributed by atoms with Gasteiger partial charge >= 0.3 is 12.1 Å². The number of rotatable bonds is 5. The maximum atomic E-state index is 12.8. The fraction of sp³-hybridized carbons (Fsp3) is 0.556. The van der Waals surface area contributed by atoms with Gasteiger partial charge in [-0.15, -0.1) is 0 Å². The van der Waals surface area contributed by atoms with Crippen LogP contribution >= 0.6 is 0 Å². The first kappa shape index (κ1) is 27.2. The Kier molecular flexibility index (Phi) is 9.12. The van der Waals surface area contributed by atoms with Gasteiger partial charge in [-0.05, 0) is 76.6 Å². The fourth-order valence-electron chi connectivity index (χ4n) is 4.40. The molecule has 9 nitrogen and oxygen atoms in total. The number of hydrogen-bond donors (Lipinski definition) is 1. The lowest BCUT2D eigenvalue weighted by Crippen LogP contribution is -2.43. The standard InChI is InChI=1S/C27H37N3O6/c1-27(2,3)36-26(34)29-15-12-19(13-16-29)10-11-23(31)30-14-6-8-21(18-30)24(32)28-22-9-5-7-20(17-22)25(33)35-4/h5,7,9-11,17,19,21H,6,8,12-16,18H2,1-4H3,(H,28,32). The van der Waals surface area contributed by atoms with Gasteiger partial charge in [0.2, 0.25) is 11.8 Å². The predicted molar refractivity (Wildman–Crippen MR) is 135 cm³/mol. The molecule has 1 unspecified atom stereocenters.